The monoisotopic (exact) mass is 444 g/mol. The smallest absolute Gasteiger partial charge is 0.319 e. The number of nitro benzene ring substituents is 1. The SMILES string of the molecule is CC(C)CC(=O)Nc1ccc(C(=O)COC(=O)C(C)Sc2ccc([N+](=O)[O-])cc2)cc1. The van der Waals surface area contributed by atoms with Crippen LogP contribution in [0.1, 0.15) is 37.6 Å². The highest BCUT2D eigenvalue weighted by Gasteiger charge is 2.18. The molecule has 9 heteroatoms. The minimum absolute atomic E-state index is 0.0318. The maximum atomic E-state index is 12.3. The van der Waals surface area contributed by atoms with Crippen molar-refractivity contribution >= 4 is 40.8 Å². The van der Waals surface area contributed by atoms with E-state index in [0.717, 1.165) is 0 Å². The first kappa shape index (κ1) is 24.1. The molecule has 2 rings (SSSR count). The molecule has 0 bridgehead atoms. The fourth-order valence-corrected chi connectivity index (χ4v) is 3.42. The van der Waals surface area contributed by atoms with Crippen molar-refractivity contribution in [3.63, 3.8) is 0 Å². The van der Waals surface area contributed by atoms with Gasteiger partial charge in [0, 0.05) is 34.7 Å². The highest BCUT2D eigenvalue weighted by atomic mass is 32.2. The average Bonchev–Trinajstić information content (AvgIpc) is 2.72. The molecule has 8 nitrogen and oxygen atoms in total. The Morgan fingerprint density at radius 1 is 1.03 bits per heavy atom. The molecule has 0 spiro atoms. The summed E-state index contributed by atoms with van der Waals surface area (Å²) in [5, 5.41) is 12.9. The van der Waals surface area contributed by atoms with Crippen LogP contribution >= 0.6 is 11.8 Å². The van der Waals surface area contributed by atoms with Gasteiger partial charge in [0.2, 0.25) is 5.91 Å². The Kier molecular flexibility index (Phi) is 8.75. The minimum Gasteiger partial charge on any atom is -0.456 e. The highest BCUT2D eigenvalue weighted by molar-refractivity contribution is 8.00. The Hall–Kier alpha value is -3.20. The van der Waals surface area contributed by atoms with Gasteiger partial charge in [-0.15, -0.1) is 11.8 Å². The Morgan fingerprint density at radius 2 is 1.65 bits per heavy atom. The van der Waals surface area contributed by atoms with Gasteiger partial charge in [0.1, 0.15) is 5.25 Å². The summed E-state index contributed by atoms with van der Waals surface area (Å²) < 4.78 is 5.11. The molecule has 0 fully saturated rings. The summed E-state index contributed by atoms with van der Waals surface area (Å²) in [6, 6.07) is 12.2. The van der Waals surface area contributed by atoms with Crippen LogP contribution in [0.5, 0.6) is 0 Å². The van der Waals surface area contributed by atoms with Crippen LogP contribution in [0.3, 0.4) is 0 Å². The number of carbonyl (C=O) groups is 3. The van der Waals surface area contributed by atoms with E-state index in [0.29, 0.717) is 22.6 Å². The van der Waals surface area contributed by atoms with Gasteiger partial charge in [-0.25, -0.2) is 0 Å². The van der Waals surface area contributed by atoms with E-state index in [1.54, 1.807) is 43.3 Å². The molecule has 0 aliphatic heterocycles. The van der Waals surface area contributed by atoms with Crippen LogP contribution in [0.25, 0.3) is 0 Å². The number of nitrogens with one attached hydrogen (secondary N) is 1. The van der Waals surface area contributed by atoms with Crippen LogP contribution in [0, 0.1) is 16.0 Å². The molecule has 0 aromatic heterocycles. The zero-order valence-corrected chi connectivity index (χ0v) is 18.3. The van der Waals surface area contributed by atoms with E-state index >= 15 is 0 Å². The van der Waals surface area contributed by atoms with Gasteiger partial charge in [0.05, 0.1) is 4.92 Å². The molecule has 0 aliphatic rings. The number of esters is 1. The number of amides is 1. The van der Waals surface area contributed by atoms with E-state index in [2.05, 4.69) is 5.32 Å². The number of hydrogen-bond donors (Lipinski definition) is 1. The number of carbonyl (C=O) groups excluding carboxylic acids is 3. The van der Waals surface area contributed by atoms with Crippen molar-refractivity contribution in [3.8, 4) is 0 Å². The molecule has 0 heterocycles. The molecule has 1 atom stereocenters. The summed E-state index contributed by atoms with van der Waals surface area (Å²) in [6.07, 6.45) is 0.409. The molecular weight excluding hydrogens is 420 g/mol. The molecule has 0 radical (unpaired) electrons. The number of anilines is 1. The van der Waals surface area contributed by atoms with E-state index in [1.807, 2.05) is 13.8 Å². The van der Waals surface area contributed by atoms with Crippen LogP contribution in [0.15, 0.2) is 53.4 Å². The summed E-state index contributed by atoms with van der Waals surface area (Å²) in [7, 11) is 0. The molecule has 0 saturated carbocycles. The van der Waals surface area contributed by atoms with Crippen LogP contribution in [0.4, 0.5) is 11.4 Å². The highest BCUT2D eigenvalue weighted by Crippen LogP contribution is 2.26. The molecule has 2 aromatic carbocycles. The standard InChI is InChI=1S/C22H24N2O6S/c1-14(2)12-21(26)23-17-6-4-16(5-7-17)20(25)13-30-22(27)15(3)31-19-10-8-18(9-11-19)24(28)29/h4-11,14-15H,12-13H2,1-3H3,(H,23,26). The summed E-state index contributed by atoms with van der Waals surface area (Å²) in [5.74, 6) is -0.769. The van der Waals surface area contributed by atoms with Crippen LogP contribution in [-0.2, 0) is 14.3 Å². The number of nitro groups is 1. The van der Waals surface area contributed by atoms with Gasteiger partial charge in [0.25, 0.3) is 5.69 Å². The number of hydrogen-bond acceptors (Lipinski definition) is 7. The van der Waals surface area contributed by atoms with Gasteiger partial charge in [-0.05, 0) is 49.2 Å². The topological polar surface area (TPSA) is 116 Å². The predicted octanol–water partition coefficient (Wildman–Crippen LogP) is 4.49. The number of non-ortho nitro benzene ring substituents is 1. The summed E-state index contributed by atoms with van der Waals surface area (Å²) in [5.41, 5.74) is 0.924. The van der Waals surface area contributed by atoms with Crippen molar-refractivity contribution in [2.45, 2.75) is 37.3 Å². The third-order valence-corrected chi connectivity index (χ3v) is 5.21. The van der Waals surface area contributed by atoms with Crippen molar-refractivity contribution in [2.75, 3.05) is 11.9 Å². The lowest BCUT2D eigenvalue weighted by Crippen LogP contribution is -2.21. The van der Waals surface area contributed by atoms with Crippen molar-refractivity contribution in [3.05, 3.63) is 64.2 Å². The lowest BCUT2D eigenvalue weighted by molar-refractivity contribution is -0.384. The van der Waals surface area contributed by atoms with Crippen molar-refractivity contribution in [1.82, 2.24) is 0 Å². The zero-order chi connectivity index (χ0) is 23.0. The second-order valence-electron chi connectivity index (χ2n) is 7.27. The Balaban J connectivity index is 1.83. The van der Waals surface area contributed by atoms with Crippen LogP contribution in [0.2, 0.25) is 0 Å². The van der Waals surface area contributed by atoms with Gasteiger partial charge >= 0.3 is 5.97 Å². The van der Waals surface area contributed by atoms with Crippen LogP contribution in [-0.4, -0.2) is 34.4 Å². The van der Waals surface area contributed by atoms with E-state index in [9.17, 15) is 24.5 Å². The fraction of sp³-hybridized carbons (Fsp3) is 0.318. The molecule has 2 aromatic rings. The molecule has 1 unspecified atom stereocenters. The van der Waals surface area contributed by atoms with Gasteiger partial charge in [-0.1, -0.05) is 13.8 Å². The molecule has 164 valence electrons. The molecule has 0 saturated heterocycles. The number of Topliss-reactive ketones (excluding diaryl/α,β-unsaturated/α-hetero) is 1. The third-order valence-electron chi connectivity index (χ3n) is 4.12. The molecular formula is C22H24N2O6S. The minimum atomic E-state index is -0.590. The van der Waals surface area contributed by atoms with E-state index in [-0.39, 0.29) is 23.3 Å². The Bertz CT molecular complexity index is 941. The first-order valence-electron chi connectivity index (χ1n) is 9.66. The lowest BCUT2D eigenvalue weighted by atomic mass is 10.1. The number of thioether (sulfide) groups is 1. The first-order chi connectivity index (χ1) is 14.7. The lowest BCUT2D eigenvalue weighted by Gasteiger charge is -2.11. The van der Waals surface area contributed by atoms with Crippen molar-refractivity contribution in [1.29, 1.82) is 0 Å². The largest absolute Gasteiger partial charge is 0.456 e. The summed E-state index contributed by atoms with van der Waals surface area (Å²) in [4.78, 5) is 47.1. The van der Waals surface area contributed by atoms with E-state index in [4.69, 9.17) is 4.74 Å². The summed E-state index contributed by atoms with van der Waals surface area (Å²) >= 11 is 1.18. The predicted molar refractivity (Wildman–Crippen MR) is 118 cm³/mol. The maximum absolute atomic E-state index is 12.3. The number of rotatable bonds is 10. The normalized spacial score (nSPS) is 11.6. The van der Waals surface area contributed by atoms with Gasteiger partial charge in [-0.3, -0.25) is 24.5 Å². The second-order valence-corrected chi connectivity index (χ2v) is 8.68. The maximum Gasteiger partial charge on any atom is 0.319 e. The second kappa shape index (κ2) is 11.3. The van der Waals surface area contributed by atoms with Crippen LogP contribution < -0.4 is 5.32 Å². The number of benzene rings is 2. The fourth-order valence-electron chi connectivity index (χ4n) is 2.56. The van der Waals surface area contributed by atoms with Gasteiger partial charge in [-0.2, -0.15) is 0 Å². The summed E-state index contributed by atoms with van der Waals surface area (Å²) in [6.45, 7) is 5.14. The van der Waals surface area contributed by atoms with E-state index < -0.39 is 22.7 Å². The van der Waals surface area contributed by atoms with Gasteiger partial charge in [0.15, 0.2) is 12.4 Å². The number of ketones is 1. The van der Waals surface area contributed by atoms with E-state index in [1.165, 1.54) is 23.9 Å². The molecule has 0 aliphatic carbocycles. The quantitative estimate of drug-likeness (QED) is 0.189. The zero-order valence-electron chi connectivity index (χ0n) is 17.5. The Morgan fingerprint density at radius 3 is 2.19 bits per heavy atom. The molecule has 1 amide bonds. The molecule has 1 N–H and O–H groups in total. The van der Waals surface area contributed by atoms with Crippen molar-refractivity contribution in [2.24, 2.45) is 5.92 Å². The average molecular weight is 445 g/mol. The van der Waals surface area contributed by atoms with Gasteiger partial charge < -0.3 is 10.1 Å². The third kappa shape index (κ3) is 7.86. The first-order valence-corrected chi connectivity index (χ1v) is 10.5. The Labute approximate surface area is 184 Å². The van der Waals surface area contributed by atoms with Crippen molar-refractivity contribution < 1.29 is 24.0 Å². The molecule has 31 heavy (non-hydrogen) atoms. The number of nitrogens with zero attached hydrogens (tertiary/aromatic N) is 1. The number of ether oxygens (including phenoxy) is 1.